The number of aromatic nitrogens is 1. The fraction of sp³-hybridized carbons (Fsp3) is 0.250. The van der Waals surface area contributed by atoms with Crippen LogP contribution in [0.1, 0.15) is 36.2 Å². The van der Waals surface area contributed by atoms with Gasteiger partial charge in [0, 0.05) is 30.7 Å². The summed E-state index contributed by atoms with van der Waals surface area (Å²) in [5.74, 6) is 1.28. The molecule has 0 unspecified atom stereocenters. The zero-order valence-electron chi connectivity index (χ0n) is 16.4. The standard InChI is InChI=1S/C24H25N3O2/c28-24(23-18-20(14-15-25-23)27-16-6-1-2-7-17-27)26-19-10-12-22(13-11-19)29-21-8-4-3-5-9-21/h3-5,8-15,18H,1-2,6-7,16-17H2,(H,26,28). The molecule has 5 heteroatoms. The molecule has 0 radical (unpaired) electrons. The Morgan fingerprint density at radius 3 is 2.28 bits per heavy atom. The van der Waals surface area contributed by atoms with Gasteiger partial charge in [0.1, 0.15) is 17.2 Å². The van der Waals surface area contributed by atoms with Crippen LogP contribution < -0.4 is 15.0 Å². The maximum Gasteiger partial charge on any atom is 0.274 e. The van der Waals surface area contributed by atoms with Gasteiger partial charge in [-0.15, -0.1) is 0 Å². The Morgan fingerprint density at radius 2 is 1.55 bits per heavy atom. The molecule has 1 aliphatic rings. The number of carbonyl (C=O) groups is 1. The molecule has 0 bridgehead atoms. The van der Waals surface area contributed by atoms with Crippen molar-refractivity contribution in [1.82, 2.24) is 4.98 Å². The van der Waals surface area contributed by atoms with Gasteiger partial charge in [-0.2, -0.15) is 0 Å². The third-order valence-corrected chi connectivity index (χ3v) is 5.04. The van der Waals surface area contributed by atoms with Gasteiger partial charge in [-0.3, -0.25) is 9.78 Å². The van der Waals surface area contributed by atoms with E-state index in [-0.39, 0.29) is 5.91 Å². The zero-order chi connectivity index (χ0) is 19.9. The van der Waals surface area contributed by atoms with Crippen LogP contribution in [-0.4, -0.2) is 24.0 Å². The molecule has 1 aliphatic heterocycles. The van der Waals surface area contributed by atoms with Gasteiger partial charge in [-0.05, 0) is 61.4 Å². The number of carbonyl (C=O) groups excluding carboxylic acids is 1. The SMILES string of the molecule is O=C(Nc1ccc(Oc2ccccc2)cc1)c1cc(N2CCCCCC2)ccn1. The van der Waals surface area contributed by atoms with E-state index in [1.807, 2.05) is 66.7 Å². The molecule has 2 aromatic carbocycles. The minimum Gasteiger partial charge on any atom is -0.457 e. The molecular weight excluding hydrogens is 362 g/mol. The second kappa shape index (κ2) is 9.24. The maximum atomic E-state index is 12.7. The number of ether oxygens (including phenoxy) is 1. The number of hydrogen-bond acceptors (Lipinski definition) is 4. The van der Waals surface area contributed by atoms with Gasteiger partial charge in [0.15, 0.2) is 0 Å². The number of amides is 1. The summed E-state index contributed by atoms with van der Waals surface area (Å²) >= 11 is 0. The molecule has 1 aromatic heterocycles. The molecule has 1 saturated heterocycles. The van der Waals surface area contributed by atoms with E-state index >= 15 is 0 Å². The first-order valence-electron chi connectivity index (χ1n) is 10.1. The summed E-state index contributed by atoms with van der Waals surface area (Å²) in [7, 11) is 0. The second-order valence-electron chi connectivity index (χ2n) is 7.19. The Bertz CT molecular complexity index is 934. The van der Waals surface area contributed by atoms with Gasteiger partial charge in [0.05, 0.1) is 0 Å². The Labute approximate surface area is 171 Å². The highest BCUT2D eigenvalue weighted by Crippen LogP contribution is 2.23. The van der Waals surface area contributed by atoms with Crippen LogP contribution >= 0.6 is 0 Å². The lowest BCUT2D eigenvalue weighted by Crippen LogP contribution is -2.24. The summed E-state index contributed by atoms with van der Waals surface area (Å²) in [6.07, 6.45) is 6.66. The first kappa shape index (κ1) is 19.0. The van der Waals surface area contributed by atoms with Crippen LogP contribution in [0.2, 0.25) is 0 Å². The van der Waals surface area contributed by atoms with Crippen LogP contribution in [-0.2, 0) is 0 Å². The number of anilines is 2. The summed E-state index contributed by atoms with van der Waals surface area (Å²) in [6, 6.07) is 20.8. The molecule has 5 nitrogen and oxygen atoms in total. The number of rotatable bonds is 5. The fourth-order valence-corrected chi connectivity index (χ4v) is 3.50. The Morgan fingerprint density at radius 1 is 0.862 bits per heavy atom. The number of para-hydroxylation sites is 1. The summed E-state index contributed by atoms with van der Waals surface area (Å²) in [5, 5.41) is 2.92. The number of benzene rings is 2. The number of pyridine rings is 1. The van der Waals surface area contributed by atoms with Crippen molar-refractivity contribution in [3.63, 3.8) is 0 Å². The molecule has 0 saturated carbocycles. The van der Waals surface area contributed by atoms with Crippen LogP contribution in [0.3, 0.4) is 0 Å². The highest BCUT2D eigenvalue weighted by atomic mass is 16.5. The molecule has 1 fully saturated rings. The molecule has 0 spiro atoms. The molecule has 0 atom stereocenters. The summed E-state index contributed by atoms with van der Waals surface area (Å²) in [4.78, 5) is 19.3. The van der Waals surface area contributed by atoms with Crippen molar-refractivity contribution in [3.05, 3.63) is 78.6 Å². The first-order valence-corrected chi connectivity index (χ1v) is 10.1. The van der Waals surface area contributed by atoms with Crippen LogP contribution in [0.15, 0.2) is 72.9 Å². The predicted octanol–water partition coefficient (Wildman–Crippen LogP) is 5.51. The largest absolute Gasteiger partial charge is 0.457 e. The van der Waals surface area contributed by atoms with E-state index in [0.717, 1.165) is 30.3 Å². The van der Waals surface area contributed by atoms with E-state index in [9.17, 15) is 4.79 Å². The van der Waals surface area contributed by atoms with Gasteiger partial charge < -0.3 is 15.0 Å². The van der Waals surface area contributed by atoms with E-state index in [2.05, 4.69) is 15.2 Å². The smallest absolute Gasteiger partial charge is 0.274 e. The van der Waals surface area contributed by atoms with Crippen LogP contribution in [0.4, 0.5) is 11.4 Å². The summed E-state index contributed by atoms with van der Waals surface area (Å²) in [5.41, 5.74) is 2.20. The van der Waals surface area contributed by atoms with Crippen molar-refractivity contribution in [2.24, 2.45) is 0 Å². The van der Waals surface area contributed by atoms with Crippen molar-refractivity contribution in [2.45, 2.75) is 25.7 Å². The van der Waals surface area contributed by atoms with Crippen molar-refractivity contribution >= 4 is 17.3 Å². The zero-order valence-corrected chi connectivity index (χ0v) is 16.4. The number of nitrogens with zero attached hydrogens (tertiary/aromatic N) is 2. The second-order valence-corrected chi connectivity index (χ2v) is 7.19. The molecule has 29 heavy (non-hydrogen) atoms. The Hall–Kier alpha value is -3.34. The van der Waals surface area contributed by atoms with Crippen molar-refractivity contribution in [2.75, 3.05) is 23.3 Å². The van der Waals surface area contributed by atoms with Crippen molar-refractivity contribution in [1.29, 1.82) is 0 Å². The molecule has 1 amide bonds. The van der Waals surface area contributed by atoms with Gasteiger partial charge in [0.2, 0.25) is 0 Å². The van der Waals surface area contributed by atoms with Gasteiger partial charge >= 0.3 is 0 Å². The molecule has 4 rings (SSSR count). The molecule has 148 valence electrons. The van der Waals surface area contributed by atoms with Crippen LogP contribution in [0.25, 0.3) is 0 Å². The Balaban J connectivity index is 1.40. The molecule has 1 N–H and O–H groups in total. The quantitative estimate of drug-likeness (QED) is 0.627. The third-order valence-electron chi connectivity index (χ3n) is 5.04. The van der Waals surface area contributed by atoms with Gasteiger partial charge in [0.25, 0.3) is 5.91 Å². The monoisotopic (exact) mass is 387 g/mol. The average molecular weight is 387 g/mol. The Kier molecular flexibility index (Phi) is 6.05. The molecular formula is C24H25N3O2. The van der Waals surface area contributed by atoms with Gasteiger partial charge in [-0.1, -0.05) is 31.0 Å². The highest BCUT2D eigenvalue weighted by Gasteiger charge is 2.14. The summed E-state index contributed by atoms with van der Waals surface area (Å²) in [6.45, 7) is 2.07. The third kappa shape index (κ3) is 5.13. The van der Waals surface area contributed by atoms with Crippen molar-refractivity contribution < 1.29 is 9.53 Å². The minimum atomic E-state index is -0.210. The van der Waals surface area contributed by atoms with E-state index in [4.69, 9.17) is 4.74 Å². The topological polar surface area (TPSA) is 54.5 Å². The first-order chi connectivity index (χ1) is 14.3. The van der Waals surface area contributed by atoms with E-state index in [1.165, 1.54) is 25.7 Å². The van der Waals surface area contributed by atoms with Crippen LogP contribution in [0, 0.1) is 0 Å². The molecule has 2 heterocycles. The van der Waals surface area contributed by atoms with Gasteiger partial charge in [-0.25, -0.2) is 0 Å². The lowest BCUT2D eigenvalue weighted by molar-refractivity contribution is 0.102. The minimum absolute atomic E-state index is 0.210. The number of hydrogen-bond donors (Lipinski definition) is 1. The van der Waals surface area contributed by atoms with E-state index < -0.39 is 0 Å². The van der Waals surface area contributed by atoms with Crippen molar-refractivity contribution in [3.8, 4) is 11.5 Å². The van der Waals surface area contributed by atoms with E-state index in [1.54, 1.807) is 6.20 Å². The normalized spacial score (nSPS) is 14.1. The average Bonchev–Trinajstić information content (AvgIpc) is 3.06. The lowest BCUT2D eigenvalue weighted by Gasteiger charge is -2.22. The maximum absolute atomic E-state index is 12.7. The summed E-state index contributed by atoms with van der Waals surface area (Å²) < 4.78 is 5.79. The van der Waals surface area contributed by atoms with E-state index in [0.29, 0.717) is 11.4 Å². The van der Waals surface area contributed by atoms with Crippen LogP contribution in [0.5, 0.6) is 11.5 Å². The lowest BCUT2D eigenvalue weighted by atomic mass is 10.2. The molecule has 0 aliphatic carbocycles. The molecule has 3 aromatic rings. The fourth-order valence-electron chi connectivity index (χ4n) is 3.50. The number of nitrogens with one attached hydrogen (secondary N) is 1. The highest BCUT2D eigenvalue weighted by molar-refractivity contribution is 6.03. The predicted molar refractivity (Wildman–Crippen MR) is 116 cm³/mol.